The molecule has 2 N–H and O–H groups in total. The van der Waals surface area contributed by atoms with Crippen molar-refractivity contribution in [2.75, 3.05) is 14.1 Å². The van der Waals surface area contributed by atoms with Gasteiger partial charge in [0.1, 0.15) is 0 Å². The molecule has 2 aromatic carbocycles. The molecule has 0 aliphatic carbocycles. The highest BCUT2D eigenvalue weighted by Gasteiger charge is 2.11. The van der Waals surface area contributed by atoms with Crippen LogP contribution in [0.1, 0.15) is 33.2 Å². The maximum atomic E-state index is 12.5. The predicted octanol–water partition coefficient (Wildman–Crippen LogP) is 1.34. The molecule has 0 unspecified atom stereocenters. The van der Waals surface area contributed by atoms with Gasteiger partial charge in [-0.3, -0.25) is 19.2 Å². The summed E-state index contributed by atoms with van der Waals surface area (Å²) in [7, 11) is 3.38. The number of aromatic nitrogens is 2. The summed E-state index contributed by atoms with van der Waals surface area (Å²) in [5, 5.41) is 2.81. The van der Waals surface area contributed by atoms with E-state index in [1.807, 2.05) is 0 Å². The smallest absolute Gasteiger partial charge is 0.316 e. The van der Waals surface area contributed by atoms with Crippen molar-refractivity contribution in [2.45, 2.75) is 20.0 Å². The molecular weight excluding hydrogens is 372 g/mol. The molecule has 3 rings (SSSR count). The van der Waals surface area contributed by atoms with Crippen LogP contribution in [0.15, 0.2) is 52.1 Å². The van der Waals surface area contributed by atoms with E-state index in [2.05, 4.69) is 10.3 Å². The lowest BCUT2D eigenvalue weighted by Gasteiger charge is -2.11. The Bertz CT molecular complexity index is 1190. The Kier molecular flexibility index (Phi) is 5.63. The van der Waals surface area contributed by atoms with Gasteiger partial charge in [-0.1, -0.05) is 12.1 Å². The number of aromatic amines is 1. The Morgan fingerprint density at radius 3 is 2.31 bits per heavy atom. The quantitative estimate of drug-likeness (QED) is 0.637. The molecule has 150 valence electrons. The average molecular weight is 394 g/mol. The highest BCUT2D eigenvalue weighted by molar-refractivity contribution is 5.97. The number of fused-ring (bicyclic) bond motifs is 1. The second-order valence-corrected chi connectivity index (χ2v) is 6.81. The Hall–Kier alpha value is -3.68. The van der Waals surface area contributed by atoms with Crippen LogP contribution in [0.25, 0.3) is 11.0 Å². The van der Waals surface area contributed by atoms with Gasteiger partial charge in [0.15, 0.2) is 0 Å². The van der Waals surface area contributed by atoms with E-state index >= 15 is 0 Å². The molecule has 0 spiro atoms. The van der Waals surface area contributed by atoms with Gasteiger partial charge in [0.05, 0.1) is 11.0 Å². The van der Waals surface area contributed by atoms with Crippen molar-refractivity contribution in [1.29, 1.82) is 0 Å². The number of carbonyl (C=O) groups is 2. The minimum Gasteiger partial charge on any atom is -0.348 e. The van der Waals surface area contributed by atoms with E-state index in [4.69, 9.17) is 0 Å². The first-order chi connectivity index (χ1) is 13.8. The minimum absolute atomic E-state index is 0.0868. The first kappa shape index (κ1) is 20.1. The Morgan fingerprint density at radius 2 is 1.69 bits per heavy atom. The third-order valence-corrected chi connectivity index (χ3v) is 4.61. The third kappa shape index (κ3) is 4.11. The van der Waals surface area contributed by atoms with Gasteiger partial charge in [-0.15, -0.1) is 0 Å². The van der Waals surface area contributed by atoms with Crippen LogP contribution in [0.5, 0.6) is 0 Å². The molecule has 0 fully saturated rings. The van der Waals surface area contributed by atoms with Gasteiger partial charge in [-0.25, -0.2) is 0 Å². The molecule has 0 aliphatic heterocycles. The normalized spacial score (nSPS) is 10.7. The van der Waals surface area contributed by atoms with Gasteiger partial charge in [-0.2, -0.15) is 0 Å². The Morgan fingerprint density at radius 1 is 1.03 bits per heavy atom. The monoisotopic (exact) mass is 394 g/mol. The molecule has 8 heteroatoms. The SMILES string of the molecule is CCn1c(=O)c(=O)[nH]c2cc(C(=O)NCc3ccc(C(=O)N(C)C)cc3)ccc21. The highest BCUT2D eigenvalue weighted by Crippen LogP contribution is 2.12. The summed E-state index contributed by atoms with van der Waals surface area (Å²) >= 11 is 0. The van der Waals surface area contributed by atoms with Crippen molar-refractivity contribution in [1.82, 2.24) is 19.8 Å². The van der Waals surface area contributed by atoms with Crippen molar-refractivity contribution in [3.05, 3.63) is 79.9 Å². The van der Waals surface area contributed by atoms with Crippen LogP contribution < -0.4 is 16.4 Å². The zero-order valence-electron chi connectivity index (χ0n) is 16.5. The fraction of sp³-hybridized carbons (Fsp3) is 0.238. The summed E-state index contributed by atoms with van der Waals surface area (Å²) in [5.74, 6) is -0.397. The highest BCUT2D eigenvalue weighted by atomic mass is 16.2. The molecule has 0 radical (unpaired) electrons. The molecule has 8 nitrogen and oxygen atoms in total. The number of carbonyl (C=O) groups excluding carboxylic acids is 2. The summed E-state index contributed by atoms with van der Waals surface area (Å²) in [6, 6.07) is 11.8. The van der Waals surface area contributed by atoms with Crippen molar-refractivity contribution >= 4 is 22.8 Å². The van der Waals surface area contributed by atoms with E-state index in [9.17, 15) is 19.2 Å². The molecule has 0 atom stereocenters. The zero-order chi connectivity index (χ0) is 21.1. The summed E-state index contributed by atoms with van der Waals surface area (Å²) < 4.78 is 1.37. The average Bonchev–Trinajstić information content (AvgIpc) is 2.72. The number of hydrogen-bond donors (Lipinski definition) is 2. The Labute approximate surface area is 166 Å². The summed E-state index contributed by atoms with van der Waals surface area (Å²) in [6.45, 7) is 2.42. The predicted molar refractivity (Wildman–Crippen MR) is 110 cm³/mol. The molecule has 1 heterocycles. The molecule has 0 aliphatic rings. The van der Waals surface area contributed by atoms with Crippen molar-refractivity contribution in [2.24, 2.45) is 0 Å². The number of nitrogens with one attached hydrogen (secondary N) is 2. The van der Waals surface area contributed by atoms with E-state index in [1.165, 1.54) is 9.47 Å². The van der Waals surface area contributed by atoms with Crippen LogP contribution in [0.4, 0.5) is 0 Å². The summed E-state index contributed by atoms with van der Waals surface area (Å²) in [4.78, 5) is 52.2. The number of H-pyrrole nitrogens is 1. The van der Waals surface area contributed by atoms with Gasteiger partial charge in [0.25, 0.3) is 11.8 Å². The van der Waals surface area contributed by atoms with Crippen LogP contribution in [0, 0.1) is 0 Å². The van der Waals surface area contributed by atoms with E-state index in [0.717, 1.165) is 5.56 Å². The van der Waals surface area contributed by atoms with E-state index < -0.39 is 11.1 Å². The molecule has 0 saturated heterocycles. The zero-order valence-corrected chi connectivity index (χ0v) is 16.5. The topological polar surface area (TPSA) is 104 Å². The van der Waals surface area contributed by atoms with Gasteiger partial charge in [0.2, 0.25) is 0 Å². The number of hydrogen-bond acceptors (Lipinski definition) is 4. The maximum Gasteiger partial charge on any atom is 0.316 e. The number of nitrogens with zero attached hydrogens (tertiary/aromatic N) is 2. The van der Waals surface area contributed by atoms with Gasteiger partial charge in [0, 0.05) is 38.3 Å². The Balaban J connectivity index is 1.76. The van der Waals surface area contributed by atoms with Crippen LogP contribution in [0.3, 0.4) is 0 Å². The van der Waals surface area contributed by atoms with Crippen molar-refractivity contribution in [3.63, 3.8) is 0 Å². The largest absolute Gasteiger partial charge is 0.348 e. The minimum atomic E-state index is -0.718. The third-order valence-electron chi connectivity index (χ3n) is 4.61. The number of benzene rings is 2. The van der Waals surface area contributed by atoms with Gasteiger partial charge in [-0.05, 0) is 42.8 Å². The van der Waals surface area contributed by atoms with Crippen molar-refractivity contribution < 1.29 is 9.59 Å². The maximum absolute atomic E-state index is 12.5. The first-order valence-electron chi connectivity index (χ1n) is 9.17. The molecule has 2 amide bonds. The number of aryl methyl sites for hydroxylation is 1. The van der Waals surface area contributed by atoms with E-state index in [-0.39, 0.29) is 18.4 Å². The van der Waals surface area contributed by atoms with Crippen molar-refractivity contribution in [3.8, 4) is 0 Å². The lowest BCUT2D eigenvalue weighted by Crippen LogP contribution is -2.36. The molecule has 1 aromatic heterocycles. The summed E-state index contributed by atoms with van der Waals surface area (Å²) in [6.07, 6.45) is 0. The lowest BCUT2D eigenvalue weighted by atomic mass is 10.1. The van der Waals surface area contributed by atoms with E-state index in [1.54, 1.807) is 63.5 Å². The second kappa shape index (κ2) is 8.14. The van der Waals surface area contributed by atoms with E-state index in [0.29, 0.717) is 28.7 Å². The van der Waals surface area contributed by atoms with Crippen LogP contribution >= 0.6 is 0 Å². The van der Waals surface area contributed by atoms with Crippen LogP contribution in [-0.4, -0.2) is 40.4 Å². The van der Waals surface area contributed by atoms with Gasteiger partial charge < -0.3 is 19.8 Å². The lowest BCUT2D eigenvalue weighted by molar-refractivity contribution is 0.0827. The fourth-order valence-electron chi connectivity index (χ4n) is 3.04. The fourth-order valence-corrected chi connectivity index (χ4v) is 3.04. The second-order valence-electron chi connectivity index (χ2n) is 6.81. The van der Waals surface area contributed by atoms with Crippen LogP contribution in [-0.2, 0) is 13.1 Å². The van der Waals surface area contributed by atoms with Gasteiger partial charge >= 0.3 is 11.1 Å². The number of rotatable bonds is 5. The summed E-state index contributed by atoms with van der Waals surface area (Å²) in [5.41, 5.74) is 1.45. The number of amides is 2. The molecule has 0 bridgehead atoms. The molecular formula is C21H22N4O4. The molecule has 3 aromatic rings. The molecule has 0 saturated carbocycles. The standard InChI is InChI=1S/C21H22N4O4/c1-4-25-17-10-9-15(11-16(17)23-19(27)21(25)29)18(26)22-12-13-5-7-14(8-6-13)20(28)24(2)3/h5-11H,4,12H2,1-3H3,(H,22,26)(H,23,27). The molecule has 29 heavy (non-hydrogen) atoms. The van der Waals surface area contributed by atoms with Crippen LogP contribution in [0.2, 0.25) is 0 Å². The first-order valence-corrected chi connectivity index (χ1v) is 9.17.